The van der Waals surface area contributed by atoms with Crippen LogP contribution >= 0.6 is 0 Å². The number of aromatic nitrogens is 2. The molecule has 0 aliphatic carbocycles. The Morgan fingerprint density at radius 3 is 2.77 bits per heavy atom. The van der Waals surface area contributed by atoms with Crippen LogP contribution in [0.1, 0.15) is 32.0 Å². The first kappa shape index (κ1) is 14.9. The largest absolute Gasteiger partial charge is 0.490 e. The van der Waals surface area contributed by atoms with E-state index in [1.54, 1.807) is 0 Å². The second-order valence-electron chi connectivity index (χ2n) is 5.27. The van der Waals surface area contributed by atoms with Crippen molar-refractivity contribution in [3.05, 3.63) is 30.2 Å². The lowest BCUT2D eigenvalue weighted by Gasteiger charge is -2.12. The smallest absolute Gasteiger partial charge is 0.161 e. The molecule has 1 N–H and O–H groups in total. The molecule has 3 rings (SSSR count). The van der Waals surface area contributed by atoms with Crippen LogP contribution in [0.2, 0.25) is 0 Å². The summed E-state index contributed by atoms with van der Waals surface area (Å²) in [7, 11) is 0. The van der Waals surface area contributed by atoms with E-state index in [2.05, 4.69) is 9.97 Å². The van der Waals surface area contributed by atoms with Gasteiger partial charge in [-0.3, -0.25) is 0 Å². The van der Waals surface area contributed by atoms with Gasteiger partial charge in [-0.1, -0.05) is 0 Å². The highest BCUT2D eigenvalue weighted by Crippen LogP contribution is 2.33. The summed E-state index contributed by atoms with van der Waals surface area (Å²) in [6, 6.07) is 5.97. The second-order valence-corrected chi connectivity index (χ2v) is 5.27. The van der Waals surface area contributed by atoms with Crippen LogP contribution in [-0.2, 0) is 4.74 Å². The van der Waals surface area contributed by atoms with E-state index in [-0.39, 0.29) is 0 Å². The van der Waals surface area contributed by atoms with Crippen LogP contribution < -0.4 is 9.47 Å². The Morgan fingerprint density at radius 2 is 2.05 bits per heavy atom. The minimum atomic E-state index is 0.378. The lowest BCUT2D eigenvalue weighted by atomic mass is 10.1. The number of rotatable bonds is 6. The Kier molecular flexibility index (Phi) is 4.63. The molecule has 2 heterocycles. The van der Waals surface area contributed by atoms with Crippen molar-refractivity contribution in [2.75, 3.05) is 26.4 Å². The van der Waals surface area contributed by atoms with Gasteiger partial charge in [0.1, 0.15) is 5.82 Å². The Labute approximate surface area is 130 Å². The van der Waals surface area contributed by atoms with Gasteiger partial charge in [0.25, 0.3) is 0 Å². The third kappa shape index (κ3) is 3.09. The number of H-pyrrole nitrogens is 1. The van der Waals surface area contributed by atoms with E-state index in [1.807, 2.05) is 38.2 Å². The highest BCUT2D eigenvalue weighted by molar-refractivity contribution is 5.63. The average molecular weight is 302 g/mol. The zero-order valence-electron chi connectivity index (χ0n) is 13.1. The van der Waals surface area contributed by atoms with E-state index in [0.717, 1.165) is 48.2 Å². The minimum absolute atomic E-state index is 0.378. The van der Waals surface area contributed by atoms with Crippen molar-refractivity contribution in [2.24, 2.45) is 0 Å². The third-order valence-corrected chi connectivity index (χ3v) is 3.77. The molecule has 118 valence electrons. The molecule has 5 nitrogen and oxygen atoms in total. The van der Waals surface area contributed by atoms with Gasteiger partial charge in [-0.2, -0.15) is 0 Å². The first-order chi connectivity index (χ1) is 10.8. The molecule has 22 heavy (non-hydrogen) atoms. The van der Waals surface area contributed by atoms with Gasteiger partial charge in [0.2, 0.25) is 0 Å². The lowest BCUT2D eigenvalue weighted by molar-refractivity contribution is 0.193. The predicted octanol–water partition coefficient (Wildman–Crippen LogP) is 3.38. The zero-order valence-corrected chi connectivity index (χ0v) is 13.1. The summed E-state index contributed by atoms with van der Waals surface area (Å²) in [5, 5.41) is 0. The van der Waals surface area contributed by atoms with Crippen LogP contribution in [0.15, 0.2) is 24.4 Å². The van der Waals surface area contributed by atoms with Crippen LogP contribution in [0.25, 0.3) is 11.3 Å². The van der Waals surface area contributed by atoms with E-state index in [4.69, 9.17) is 14.2 Å². The SMILES string of the molecule is CCOc1ccc(-c2cnc([C@H]3CCOC3)[nH]2)cc1OCC. The number of hydrogen-bond acceptors (Lipinski definition) is 4. The summed E-state index contributed by atoms with van der Waals surface area (Å²) >= 11 is 0. The Balaban J connectivity index is 1.85. The van der Waals surface area contributed by atoms with Crippen LogP contribution in [-0.4, -0.2) is 36.4 Å². The van der Waals surface area contributed by atoms with Gasteiger partial charge in [0, 0.05) is 18.1 Å². The monoisotopic (exact) mass is 302 g/mol. The number of nitrogens with zero attached hydrogens (tertiary/aromatic N) is 1. The highest BCUT2D eigenvalue weighted by Gasteiger charge is 2.21. The van der Waals surface area contributed by atoms with E-state index in [1.165, 1.54) is 0 Å². The average Bonchev–Trinajstić information content (AvgIpc) is 3.20. The number of ether oxygens (including phenoxy) is 3. The first-order valence-corrected chi connectivity index (χ1v) is 7.84. The van der Waals surface area contributed by atoms with Crippen molar-refractivity contribution in [3.63, 3.8) is 0 Å². The predicted molar refractivity (Wildman–Crippen MR) is 84.5 cm³/mol. The summed E-state index contributed by atoms with van der Waals surface area (Å²) in [4.78, 5) is 7.91. The first-order valence-electron chi connectivity index (χ1n) is 7.84. The molecule has 5 heteroatoms. The van der Waals surface area contributed by atoms with Gasteiger partial charge in [-0.05, 0) is 38.5 Å². The van der Waals surface area contributed by atoms with Crippen molar-refractivity contribution >= 4 is 0 Å². The van der Waals surface area contributed by atoms with Crippen molar-refractivity contribution in [1.29, 1.82) is 0 Å². The molecule has 0 saturated carbocycles. The molecule has 1 aliphatic heterocycles. The van der Waals surface area contributed by atoms with Crippen molar-refractivity contribution in [2.45, 2.75) is 26.2 Å². The number of hydrogen-bond donors (Lipinski definition) is 1. The van der Waals surface area contributed by atoms with E-state index >= 15 is 0 Å². The number of nitrogens with one attached hydrogen (secondary N) is 1. The fraction of sp³-hybridized carbons (Fsp3) is 0.471. The molecule has 2 aromatic rings. The molecular weight excluding hydrogens is 280 g/mol. The third-order valence-electron chi connectivity index (χ3n) is 3.77. The zero-order chi connectivity index (χ0) is 15.4. The Hall–Kier alpha value is -2.01. The normalized spacial score (nSPS) is 17.6. The molecule has 0 unspecified atom stereocenters. The molecule has 0 spiro atoms. The Bertz CT molecular complexity index is 618. The van der Waals surface area contributed by atoms with E-state index < -0.39 is 0 Å². The standard InChI is InChI=1S/C17H22N2O3/c1-3-21-15-6-5-12(9-16(15)22-4-2)14-10-18-17(19-14)13-7-8-20-11-13/h5-6,9-10,13H,3-4,7-8,11H2,1-2H3,(H,18,19)/t13-/m0/s1. The van der Waals surface area contributed by atoms with Gasteiger partial charge in [0.05, 0.1) is 31.7 Å². The maximum atomic E-state index is 5.68. The van der Waals surface area contributed by atoms with Crippen LogP contribution in [0.3, 0.4) is 0 Å². The molecule has 0 amide bonds. The molecule has 1 atom stereocenters. The van der Waals surface area contributed by atoms with Gasteiger partial charge >= 0.3 is 0 Å². The Morgan fingerprint density at radius 1 is 1.23 bits per heavy atom. The topological polar surface area (TPSA) is 56.4 Å². The molecule has 0 radical (unpaired) electrons. The highest BCUT2D eigenvalue weighted by atomic mass is 16.5. The summed E-state index contributed by atoms with van der Waals surface area (Å²) in [5.41, 5.74) is 2.04. The molecule has 0 bridgehead atoms. The number of aromatic amines is 1. The van der Waals surface area contributed by atoms with Gasteiger partial charge in [-0.15, -0.1) is 0 Å². The fourth-order valence-corrected chi connectivity index (χ4v) is 2.66. The molecule has 1 saturated heterocycles. The molecule has 1 aromatic heterocycles. The fourth-order valence-electron chi connectivity index (χ4n) is 2.66. The quantitative estimate of drug-likeness (QED) is 0.888. The maximum absolute atomic E-state index is 5.68. The summed E-state index contributed by atoms with van der Waals surface area (Å²) in [5.74, 6) is 2.92. The van der Waals surface area contributed by atoms with Crippen molar-refractivity contribution in [3.8, 4) is 22.8 Å². The van der Waals surface area contributed by atoms with Crippen LogP contribution in [0.4, 0.5) is 0 Å². The van der Waals surface area contributed by atoms with Crippen LogP contribution in [0.5, 0.6) is 11.5 Å². The lowest BCUT2D eigenvalue weighted by Crippen LogP contribution is -2.00. The molecule has 1 aliphatic rings. The van der Waals surface area contributed by atoms with Crippen molar-refractivity contribution < 1.29 is 14.2 Å². The van der Waals surface area contributed by atoms with Crippen LogP contribution in [0, 0.1) is 0 Å². The minimum Gasteiger partial charge on any atom is -0.490 e. The number of benzene rings is 1. The number of imidazole rings is 1. The molecule has 1 aromatic carbocycles. The molecule has 1 fully saturated rings. The summed E-state index contributed by atoms with van der Waals surface area (Å²) < 4.78 is 16.7. The van der Waals surface area contributed by atoms with Gasteiger partial charge in [-0.25, -0.2) is 4.98 Å². The van der Waals surface area contributed by atoms with E-state index in [9.17, 15) is 0 Å². The summed E-state index contributed by atoms with van der Waals surface area (Å²) in [6.07, 6.45) is 2.90. The molecular formula is C17H22N2O3. The summed E-state index contributed by atoms with van der Waals surface area (Å²) in [6.45, 7) is 6.73. The van der Waals surface area contributed by atoms with Gasteiger partial charge < -0.3 is 19.2 Å². The second kappa shape index (κ2) is 6.83. The van der Waals surface area contributed by atoms with Crippen molar-refractivity contribution in [1.82, 2.24) is 9.97 Å². The van der Waals surface area contributed by atoms with E-state index in [0.29, 0.717) is 19.1 Å². The van der Waals surface area contributed by atoms with Gasteiger partial charge in [0.15, 0.2) is 11.5 Å². The maximum Gasteiger partial charge on any atom is 0.161 e.